The third kappa shape index (κ3) is 3.44. The van der Waals surface area contributed by atoms with E-state index in [1.807, 2.05) is 11.8 Å². The molecule has 1 aromatic rings. The van der Waals surface area contributed by atoms with Crippen molar-refractivity contribution in [3.8, 4) is 0 Å². The molecular formula is C19H28N4O2. The summed E-state index contributed by atoms with van der Waals surface area (Å²) in [5, 5.41) is 10.3. The van der Waals surface area contributed by atoms with Crippen LogP contribution < -0.4 is 5.32 Å². The van der Waals surface area contributed by atoms with E-state index in [4.69, 9.17) is 0 Å². The largest absolute Gasteiger partial charge is 0.339 e. The number of likely N-dealkylation sites (tertiary alicyclic amines) is 1. The first-order valence-corrected chi connectivity index (χ1v) is 9.78. The first kappa shape index (κ1) is 16.6. The normalized spacial score (nSPS) is 25.2. The number of H-pyrrole nitrogens is 1. The molecule has 2 aliphatic carbocycles. The van der Waals surface area contributed by atoms with Crippen molar-refractivity contribution in [1.29, 1.82) is 0 Å². The molecule has 0 spiro atoms. The molecule has 6 heteroatoms. The van der Waals surface area contributed by atoms with Gasteiger partial charge in [0.05, 0.1) is 5.92 Å². The number of amides is 2. The summed E-state index contributed by atoms with van der Waals surface area (Å²) in [6.45, 7) is 2.57. The van der Waals surface area contributed by atoms with Crippen molar-refractivity contribution in [2.24, 2.45) is 5.92 Å². The van der Waals surface area contributed by atoms with Gasteiger partial charge >= 0.3 is 0 Å². The van der Waals surface area contributed by atoms with E-state index in [1.165, 1.54) is 38.5 Å². The summed E-state index contributed by atoms with van der Waals surface area (Å²) >= 11 is 0. The fourth-order valence-electron chi connectivity index (χ4n) is 4.35. The Bertz CT molecular complexity index is 656. The van der Waals surface area contributed by atoms with Gasteiger partial charge in [0.2, 0.25) is 11.8 Å². The van der Waals surface area contributed by atoms with E-state index in [0.29, 0.717) is 30.7 Å². The van der Waals surface area contributed by atoms with Crippen LogP contribution in [0.2, 0.25) is 0 Å². The Morgan fingerprint density at radius 2 is 1.88 bits per heavy atom. The van der Waals surface area contributed by atoms with Crippen LogP contribution in [0, 0.1) is 12.8 Å². The second kappa shape index (κ2) is 6.81. The number of nitrogens with zero attached hydrogens (tertiary/aromatic N) is 2. The van der Waals surface area contributed by atoms with E-state index in [2.05, 4.69) is 15.5 Å². The molecule has 1 atom stereocenters. The second-order valence-electron chi connectivity index (χ2n) is 7.97. The van der Waals surface area contributed by atoms with Crippen LogP contribution in [-0.4, -0.2) is 39.5 Å². The standard InChI is InChI=1S/C19H28N4O2/c1-12-17(13-8-9-13)21-22-18(12)20-19(25)14-10-16(24)23(11-14)15-6-4-2-3-5-7-15/h13-15H,2-11H2,1H3,(H2,20,21,22,25)/t14-/m1/s1. The summed E-state index contributed by atoms with van der Waals surface area (Å²) in [5.41, 5.74) is 2.19. The molecule has 2 saturated carbocycles. The maximum Gasteiger partial charge on any atom is 0.231 e. The molecule has 0 bridgehead atoms. The van der Waals surface area contributed by atoms with Crippen LogP contribution in [0.5, 0.6) is 0 Å². The maximum absolute atomic E-state index is 12.7. The van der Waals surface area contributed by atoms with Gasteiger partial charge in [0, 0.05) is 36.2 Å². The number of nitrogens with one attached hydrogen (secondary N) is 2. The molecule has 1 aromatic heterocycles. The van der Waals surface area contributed by atoms with E-state index in [1.54, 1.807) is 0 Å². The minimum Gasteiger partial charge on any atom is -0.339 e. The molecule has 136 valence electrons. The predicted molar refractivity (Wildman–Crippen MR) is 95.2 cm³/mol. The molecule has 0 unspecified atom stereocenters. The Balaban J connectivity index is 1.38. The fraction of sp³-hybridized carbons (Fsp3) is 0.737. The van der Waals surface area contributed by atoms with Gasteiger partial charge in [-0.05, 0) is 32.6 Å². The minimum absolute atomic E-state index is 0.0681. The Morgan fingerprint density at radius 3 is 2.56 bits per heavy atom. The van der Waals surface area contributed by atoms with Gasteiger partial charge in [-0.15, -0.1) is 0 Å². The SMILES string of the molecule is Cc1c(NC(=O)[C@@H]2CC(=O)N(C3CCCCCC3)C2)n[nH]c1C1CC1. The number of carbonyl (C=O) groups is 2. The molecule has 2 N–H and O–H groups in total. The Labute approximate surface area is 148 Å². The minimum atomic E-state index is -0.253. The smallest absolute Gasteiger partial charge is 0.231 e. The van der Waals surface area contributed by atoms with E-state index >= 15 is 0 Å². The highest BCUT2D eigenvalue weighted by Crippen LogP contribution is 2.41. The highest BCUT2D eigenvalue weighted by Gasteiger charge is 2.38. The summed E-state index contributed by atoms with van der Waals surface area (Å²) < 4.78 is 0. The first-order chi connectivity index (χ1) is 12.1. The number of aromatic nitrogens is 2. The molecular weight excluding hydrogens is 316 g/mol. The van der Waals surface area contributed by atoms with Gasteiger partial charge in [-0.25, -0.2) is 0 Å². The maximum atomic E-state index is 12.7. The number of aromatic amines is 1. The van der Waals surface area contributed by atoms with Crippen molar-refractivity contribution in [1.82, 2.24) is 15.1 Å². The zero-order chi connectivity index (χ0) is 17.4. The molecule has 25 heavy (non-hydrogen) atoms. The Morgan fingerprint density at radius 1 is 1.16 bits per heavy atom. The van der Waals surface area contributed by atoms with Crippen LogP contribution in [0.4, 0.5) is 5.82 Å². The summed E-state index contributed by atoms with van der Waals surface area (Å²) in [6.07, 6.45) is 9.83. The third-order valence-electron chi connectivity index (χ3n) is 6.07. The highest BCUT2D eigenvalue weighted by molar-refractivity contribution is 5.97. The van der Waals surface area contributed by atoms with Gasteiger partial charge < -0.3 is 10.2 Å². The molecule has 3 fully saturated rings. The zero-order valence-corrected chi connectivity index (χ0v) is 15.0. The van der Waals surface area contributed by atoms with Crippen molar-refractivity contribution in [3.05, 3.63) is 11.3 Å². The van der Waals surface area contributed by atoms with Gasteiger partial charge in [0.25, 0.3) is 0 Å². The molecule has 0 aromatic carbocycles. The lowest BCUT2D eigenvalue weighted by Crippen LogP contribution is -2.37. The average molecular weight is 344 g/mol. The van der Waals surface area contributed by atoms with Crippen LogP contribution >= 0.6 is 0 Å². The summed E-state index contributed by atoms with van der Waals surface area (Å²) in [6, 6.07) is 0.335. The number of hydrogen-bond acceptors (Lipinski definition) is 3. The van der Waals surface area contributed by atoms with E-state index < -0.39 is 0 Å². The molecule has 1 saturated heterocycles. The lowest BCUT2D eigenvalue weighted by atomic mass is 10.1. The fourth-order valence-corrected chi connectivity index (χ4v) is 4.35. The zero-order valence-electron chi connectivity index (χ0n) is 15.0. The van der Waals surface area contributed by atoms with Gasteiger partial charge in [0.1, 0.15) is 0 Å². The van der Waals surface area contributed by atoms with E-state index in [0.717, 1.165) is 24.1 Å². The van der Waals surface area contributed by atoms with Crippen LogP contribution in [0.3, 0.4) is 0 Å². The van der Waals surface area contributed by atoms with Crippen LogP contribution in [0.1, 0.15) is 75.0 Å². The summed E-state index contributed by atoms with van der Waals surface area (Å²) in [5.74, 6) is 1.03. The van der Waals surface area contributed by atoms with Gasteiger partial charge in [0.15, 0.2) is 5.82 Å². The van der Waals surface area contributed by atoms with Gasteiger partial charge in [-0.3, -0.25) is 14.7 Å². The number of hydrogen-bond donors (Lipinski definition) is 2. The molecule has 4 rings (SSSR count). The highest BCUT2D eigenvalue weighted by atomic mass is 16.2. The Kier molecular flexibility index (Phi) is 4.52. The second-order valence-corrected chi connectivity index (χ2v) is 7.97. The molecule has 2 heterocycles. The topological polar surface area (TPSA) is 78.1 Å². The Hall–Kier alpha value is -1.85. The van der Waals surface area contributed by atoms with Gasteiger partial charge in [-0.2, -0.15) is 5.10 Å². The van der Waals surface area contributed by atoms with Crippen molar-refractivity contribution in [2.45, 2.75) is 76.7 Å². The summed E-state index contributed by atoms with van der Waals surface area (Å²) in [4.78, 5) is 27.1. The number of carbonyl (C=O) groups excluding carboxylic acids is 2. The quantitative estimate of drug-likeness (QED) is 0.824. The lowest BCUT2D eigenvalue weighted by Gasteiger charge is -2.27. The molecule has 2 amide bonds. The van der Waals surface area contributed by atoms with Crippen LogP contribution in [0.15, 0.2) is 0 Å². The van der Waals surface area contributed by atoms with Crippen LogP contribution in [0.25, 0.3) is 0 Å². The molecule has 1 aliphatic heterocycles. The molecule has 3 aliphatic rings. The average Bonchev–Trinajstić information content (AvgIpc) is 3.34. The van der Waals surface area contributed by atoms with Crippen molar-refractivity contribution in [3.63, 3.8) is 0 Å². The van der Waals surface area contributed by atoms with Crippen molar-refractivity contribution < 1.29 is 9.59 Å². The van der Waals surface area contributed by atoms with Crippen molar-refractivity contribution >= 4 is 17.6 Å². The lowest BCUT2D eigenvalue weighted by molar-refractivity contribution is -0.130. The molecule has 6 nitrogen and oxygen atoms in total. The molecule has 0 radical (unpaired) electrons. The summed E-state index contributed by atoms with van der Waals surface area (Å²) in [7, 11) is 0. The van der Waals surface area contributed by atoms with E-state index in [9.17, 15) is 9.59 Å². The number of anilines is 1. The first-order valence-electron chi connectivity index (χ1n) is 9.78. The van der Waals surface area contributed by atoms with Crippen molar-refractivity contribution in [2.75, 3.05) is 11.9 Å². The predicted octanol–water partition coefficient (Wildman–Crippen LogP) is 3.11. The van der Waals surface area contributed by atoms with Crippen LogP contribution in [-0.2, 0) is 9.59 Å². The van der Waals surface area contributed by atoms with E-state index in [-0.39, 0.29) is 17.7 Å². The third-order valence-corrected chi connectivity index (χ3v) is 6.07. The van der Waals surface area contributed by atoms with Gasteiger partial charge in [-0.1, -0.05) is 25.7 Å². The monoisotopic (exact) mass is 344 g/mol. The number of rotatable bonds is 4.